The van der Waals surface area contributed by atoms with Crippen molar-refractivity contribution in [2.24, 2.45) is 0 Å². The van der Waals surface area contributed by atoms with Crippen LogP contribution in [0, 0.1) is 0 Å². The van der Waals surface area contributed by atoms with Crippen LogP contribution in [0.2, 0.25) is 0 Å². The van der Waals surface area contributed by atoms with Crippen LogP contribution < -0.4 is 0 Å². The number of carbonyl (C=O) groups excluding carboxylic acids is 2. The number of ether oxygens (including phenoxy) is 2. The number of allylic oxidation sites excluding steroid dienone is 10. The Hall–Kier alpha value is -2.45. The summed E-state index contributed by atoms with van der Waals surface area (Å²) in [5.41, 5.74) is 0. The molecule has 0 amide bonds. The lowest BCUT2D eigenvalue weighted by Gasteiger charge is -2.41. The Kier molecular flexibility index (Phi) is 29.1. The molecule has 1 rings (SSSR count). The third-order valence-corrected chi connectivity index (χ3v) is 9.99. The largest absolute Gasteiger partial charge is 0.472 e. The molecule has 7 unspecified atom stereocenters. The summed E-state index contributed by atoms with van der Waals surface area (Å²) in [7, 11) is -5.13. The number of unbranched alkanes of at least 4 members (excludes halogenated alkanes) is 13. The van der Waals surface area contributed by atoms with Crippen LogP contribution in [0.5, 0.6) is 0 Å². The van der Waals surface area contributed by atoms with Crippen molar-refractivity contribution in [3.63, 3.8) is 0 Å². The Labute approximate surface area is 328 Å². The van der Waals surface area contributed by atoms with Gasteiger partial charge < -0.3 is 39.9 Å². The molecule has 0 aliphatic heterocycles. The van der Waals surface area contributed by atoms with E-state index in [0.717, 1.165) is 25.7 Å². The van der Waals surface area contributed by atoms with Crippen molar-refractivity contribution in [2.45, 2.75) is 172 Å². The summed E-state index contributed by atoms with van der Waals surface area (Å²) in [6.45, 7) is 3.06. The normalized spacial score (nSPS) is 23.7. The second-order valence-electron chi connectivity index (χ2n) is 13.9. The lowest BCUT2D eigenvalue weighted by molar-refractivity contribution is -0.220. The molecule has 0 aromatic carbocycles. The number of hydrogen-bond acceptors (Lipinski definition) is 12. The highest BCUT2D eigenvalue weighted by atomic mass is 31.2. The average molecular weight is 801 g/mol. The molecule has 0 spiro atoms. The molecule has 1 aliphatic carbocycles. The average Bonchev–Trinajstić information content (AvgIpc) is 3.16. The van der Waals surface area contributed by atoms with E-state index in [9.17, 15) is 44.6 Å². The van der Waals surface area contributed by atoms with Crippen LogP contribution in [0.3, 0.4) is 0 Å². The van der Waals surface area contributed by atoms with Gasteiger partial charge in [0.25, 0.3) is 0 Å². The quantitative estimate of drug-likeness (QED) is 0.0189. The fraction of sp³-hybridized carbons (Fsp3) is 0.707. The van der Waals surface area contributed by atoms with E-state index in [-0.39, 0.29) is 12.8 Å². The highest BCUT2D eigenvalue weighted by Crippen LogP contribution is 2.47. The maximum absolute atomic E-state index is 12.7. The minimum atomic E-state index is -5.13. The Morgan fingerprint density at radius 2 is 1.04 bits per heavy atom. The maximum atomic E-state index is 12.7. The molecule has 1 saturated carbocycles. The predicted molar refractivity (Wildman–Crippen MR) is 212 cm³/mol. The molecule has 0 bridgehead atoms. The number of esters is 2. The van der Waals surface area contributed by atoms with Crippen LogP contribution in [0.1, 0.15) is 129 Å². The number of aliphatic hydroxyl groups is 5. The Morgan fingerprint density at radius 3 is 1.56 bits per heavy atom. The molecule has 0 radical (unpaired) electrons. The van der Waals surface area contributed by atoms with Crippen molar-refractivity contribution in [3.8, 4) is 0 Å². The number of carbonyl (C=O) groups is 2. The van der Waals surface area contributed by atoms with Gasteiger partial charge >= 0.3 is 19.8 Å². The van der Waals surface area contributed by atoms with Crippen molar-refractivity contribution in [1.29, 1.82) is 0 Å². The summed E-state index contributed by atoms with van der Waals surface area (Å²) in [4.78, 5) is 35.5. The number of phosphoric ester groups is 1. The van der Waals surface area contributed by atoms with Crippen LogP contribution in [-0.2, 0) is 32.7 Å². The first-order valence-electron chi connectivity index (χ1n) is 20.2. The third kappa shape index (κ3) is 24.7. The summed E-state index contributed by atoms with van der Waals surface area (Å²) in [5, 5.41) is 49.9. The molecule has 8 atom stereocenters. The van der Waals surface area contributed by atoms with E-state index >= 15 is 0 Å². The lowest BCUT2D eigenvalue weighted by Crippen LogP contribution is -2.64. The van der Waals surface area contributed by atoms with Crippen LogP contribution in [0.4, 0.5) is 0 Å². The number of phosphoric acid groups is 1. The van der Waals surface area contributed by atoms with Gasteiger partial charge in [-0.05, 0) is 25.7 Å². The van der Waals surface area contributed by atoms with Crippen molar-refractivity contribution < 1.29 is 63.1 Å². The van der Waals surface area contributed by atoms with E-state index in [1.165, 1.54) is 57.8 Å². The lowest BCUT2D eigenvalue weighted by atomic mass is 9.85. The van der Waals surface area contributed by atoms with Gasteiger partial charge in [0.2, 0.25) is 0 Å². The van der Waals surface area contributed by atoms with E-state index in [4.69, 9.17) is 18.5 Å². The molecule has 0 aromatic rings. The zero-order valence-corrected chi connectivity index (χ0v) is 33.8. The van der Waals surface area contributed by atoms with Gasteiger partial charge in [0.05, 0.1) is 6.61 Å². The number of aliphatic hydroxyl groups excluding tert-OH is 5. The fourth-order valence-corrected chi connectivity index (χ4v) is 6.70. The van der Waals surface area contributed by atoms with Gasteiger partial charge in [-0.15, -0.1) is 0 Å². The fourth-order valence-electron chi connectivity index (χ4n) is 5.73. The SMILES string of the molecule is CC/C=C/C=C/C=C/C=C/C=C/CCCC(=O)OC(COC(=O)CCCCCCCCCCCCCCC)COP(=O)(O)OC1C(O)C(O)C(O)[C@@H](O)C1O. The van der Waals surface area contributed by atoms with Gasteiger partial charge in [-0.25, -0.2) is 4.57 Å². The summed E-state index contributed by atoms with van der Waals surface area (Å²) in [6, 6.07) is 0. The summed E-state index contributed by atoms with van der Waals surface area (Å²) >= 11 is 0. The molecule has 55 heavy (non-hydrogen) atoms. The Bertz CT molecular complexity index is 1200. The molecule has 0 aromatic heterocycles. The highest BCUT2D eigenvalue weighted by molar-refractivity contribution is 7.47. The van der Waals surface area contributed by atoms with Crippen LogP contribution in [0.25, 0.3) is 0 Å². The molecule has 0 heterocycles. The van der Waals surface area contributed by atoms with Crippen molar-refractivity contribution >= 4 is 19.8 Å². The monoisotopic (exact) mass is 800 g/mol. The first-order chi connectivity index (χ1) is 26.4. The zero-order chi connectivity index (χ0) is 40.7. The standard InChI is InChI=1S/C41H69O13P/c1-3-5-7-9-11-13-15-17-19-21-23-25-27-29-34(42)51-31-33(32-52-55(49,50)54-41-39(47)37(45)36(44)38(46)40(41)48)53-35(43)30-28-26-24-22-20-18-16-14-12-10-8-6-4-2/h6,8,10,12,14,16,18,20,22,24,33,36-41,44-48H,3-5,7,9,11,13,15,17,19,21,23,25-32H2,1-2H3,(H,49,50)/b8-6+,12-10+,16-14+,20-18+,24-22+/t33?,36?,37-,38?,39?,40?,41?/m1/s1. The van der Waals surface area contributed by atoms with E-state index < -0.39 is 75.7 Å². The molecule has 13 nitrogen and oxygen atoms in total. The van der Waals surface area contributed by atoms with E-state index in [0.29, 0.717) is 19.3 Å². The molecule has 0 saturated heterocycles. The first-order valence-corrected chi connectivity index (χ1v) is 21.7. The van der Waals surface area contributed by atoms with Gasteiger partial charge in [-0.2, -0.15) is 0 Å². The van der Waals surface area contributed by atoms with Crippen LogP contribution in [-0.4, -0.2) is 98.3 Å². The predicted octanol–water partition coefficient (Wildman–Crippen LogP) is 6.60. The summed E-state index contributed by atoms with van der Waals surface area (Å²) < 4.78 is 33.3. The first kappa shape index (κ1) is 50.6. The molecule has 6 N–H and O–H groups in total. The number of hydrogen-bond donors (Lipinski definition) is 6. The van der Waals surface area contributed by atoms with E-state index in [1.807, 2.05) is 54.7 Å². The molecule has 316 valence electrons. The molecule has 1 aliphatic rings. The van der Waals surface area contributed by atoms with E-state index in [2.05, 4.69) is 19.9 Å². The summed E-state index contributed by atoms with van der Waals surface area (Å²) in [6.07, 6.45) is 23.1. The van der Waals surface area contributed by atoms with Crippen LogP contribution in [0.15, 0.2) is 60.8 Å². The van der Waals surface area contributed by atoms with Crippen molar-refractivity contribution in [1.82, 2.24) is 0 Å². The van der Waals surface area contributed by atoms with Gasteiger partial charge in [0.1, 0.15) is 43.2 Å². The van der Waals surface area contributed by atoms with Crippen molar-refractivity contribution in [3.05, 3.63) is 60.8 Å². The highest BCUT2D eigenvalue weighted by Gasteiger charge is 2.51. The van der Waals surface area contributed by atoms with E-state index in [1.54, 1.807) is 0 Å². The minimum Gasteiger partial charge on any atom is -0.462 e. The molecular weight excluding hydrogens is 731 g/mol. The molecular formula is C41H69O13P. The van der Waals surface area contributed by atoms with Gasteiger partial charge in [-0.1, -0.05) is 152 Å². The second-order valence-corrected chi connectivity index (χ2v) is 15.3. The van der Waals surface area contributed by atoms with Gasteiger partial charge in [0.15, 0.2) is 6.10 Å². The zero-order valence-electron chi connectivity index (χ0n) is 32.9. The maximum Gasteiger partial charge on any atom is 0.472 e. The Balaban J connectivity index is 2.59. The van der Waals surface area contributed by atoms with Gasteiger partial charge in [0, 0.05) is 12.8 Å². The van der Waals surface area contributed by atoms with Crippen molar-refractivity contribution in [2.75, 3.05) is 13.2 Å². The van der Waals surface area contributed by atoms with Crippen LogP contribution >= 0.6 is 7.82 Å². The topological polar surface area (TPSA) is 210 Å². The smallest absolute Gasteiger partial charge is 0.462 e. The number of rotatable bonds is 31. The minimum absolute atomic E-state index is 0.000712. The summed E-state index contributed by atoms with van der Waals surface area (Å²) in [5.74, 6) is -1.19. The molecule has 14 heteroatoms. The third-order valence-electron chi connectivity index (χ3n) is 9.00. The van der Waals surface area contributed by atoms with Gasteiger partial charge in [-0.3, -0.25) is 18.6 Å². The Morgan fingerprint density at radius 1 is 0.582 bits per heavy atom. The second kappa shape index (κ2) is 31.6. The molecule has 1 fully saturated rings.